The minimum atomic E-state index is -3.02. The second-order valence-corrected chi connectivity index (χ2v) is 9.81. The zero-order chi connectivity index (χ0) is 20.3. The van der Waals surface area contributed by atoms with Gasteiger partial charge in [-0.25, -0.2) is 13.4 Å². The van der Waals surface area contributed by atoms with Gasteiger partial charge in [0.15, 0.2) is 15.5 Å². The van der Waals surface area contributed by atoms with Gasteiger partial charge in [-0.3, -0.25) is 0 Å². The van der Waals surface area contributed by atoms with Crippen molar-refractivity contribution < 1.29 is 8.42 Å². The molecule has 1 saturated heterocycles. The first-order valence-corrected chi connectivity index (χ1v) is 11.7. The Hall–Kier alpha value is -1.97. The Morgan fingerprint density at radius 3 is 2.46 bits per heavy atom. The zero-order valence-corrected chi connectivity index (χ0v) is 18.3. The number of benzene rings is 1. The molecule has 0 spiro atoms. The molecule has 150 valence electrons. The molecule has 0 saturated carbocycles. The Kier molecular flexibility index (Phi) is 6.36. The molecule has 0 aliphatic carbocycles. The number of nitrogens with one attached hydrogen (secondary N) is 1. The molecule has 3 aromatic rings. The second kappa shape index (κ2) is 8.59. The van der Waals surface area contributed by atoms with Gasteiger partial charge >= 0.3 is 0 Å². The zero-order valence-electron chi connectivity index (χ0n) is 15.9. The number of fused-ring (bicyclic) bond motifs is 1. The normalized spacial score (nSPS) is 15.2. The first kappa shape index (κ1) is 20.8. The van der Waals surface area contributed by atoms with Crippen LogP contribution in [-0.4, -0.2) is 42.4 Å². The van der Waals surface area contributed by atoms with Gasteiger partial charge < -0.3 is 11.1 Å². The number of anilines is 1. The van der Waals surface area contributed by atoms with E-state index >= 15 is 0 Å². The van der Waals surface area contributed by atoms with Gasteiger partial charge in [-0.05, 0) is 60.9 Å². The van der Waals surface area contributed by atoms with Crippen molar-refractivity contribution in [1.82, 2.24) is 19.9 Å². The largest absolute Gasteiger partial charge is 0.384 e. The lowest BCUT2D eigenvalue weighted by Gasteiger charge is -2.22. The summed E-state index contributed by atoms with van der Waals surface area (Å²) in [5, 5.41) is 7.53. The molecule has 0 atom stereocenters. The lowest BCUT2D eigenvalue weighted by atomic mass is 9.94. The molecular formula is C19H24BrN5O2S. The molecule has 3 heterocycles. The van der Waals surface area contributed by atoms with E-state index in [2.05, 4.69) is 31.3 Å². The summed E-state index contributed by atoms with van der Waals surface area (Å²) >= 11 is 3.45. The van der Waals surface area contributed by atoms with Crippen molar-refractivity contribution >= 4 is 37.2 Å². The Balaban J connectivity index is 0.000000178. The number of hydrogen-bond donors (Lipinski definition) is 2. The number of rotatable bonds is 2. The van der Waals surface area contributed by atoms with E-state index in [1.165, 1.54) is 6.26 Å². The van der Waals surface area contributed by atoms with Crippen molar-refractivity contribution in [2.45, 2.75) is 30.6 Å². The maximum Gasteiger partial charge on any atom is 0.175 e. The van der Waals surface area contributed by atoms with Gasteiger partial charge in [0.1, 0.15) is 5.82 Å². The van der Waals surface area contributed by atoms with Gasteiger partial charge in [-0.2, -0.15) is 9.61 Å². The van der Waals surface area contributed by atoms with Crippen LogP contribution < -0.4 is 11.1 Å². The summed E-state index contributed by atoms with van der Waals surface area (Å²) in [5.74, 6) is 1.15. The van der Waals surface area contributed by atoms with Crippen molar-refractivity contribution in [3.63, 3.8) is 0 Å². The standard InChI is InChI=1S/C11H14BrN5.C8H10O2S/c12-8-6-15-17-10(13)5-9(16-11(8)17)7-1-3-14-4-2-7;1-7-3-5-8(6-4-7)11(2,9)10/h5-7,14H,1-4,13H2;3-6H,1-2H3. The number of hydrogen-bond acceptors (Lipinski definition) is 6. The van der Waals surface area contributed by atoms with Gasteiger partial charge in [-0.15, -0.1) is 0 Å². The fourth-order valence-electron chi connectivity index (χ4n) is 3.09. The number of nitrogens with zero attached hydrogens (tertiary/aromatic N) is 3. The second-order valence-electron chi connectivity index (χ2n) is 6.94. The summed E-state index contributed by atoms with van der Waals surface area (Å²) in [6.45, 7) is 4.03. The van der Waals surface area contributed by atoms with E-state index < -0.39 is 9.84 Å². The average molecular weight is 466 g/mol. The van der Waals surface area contributed by atoms with E-state index in [0.717, 1.165) is 47.3 Å². The van der Waals surface area contributed by atoms with E-state index in [1.807, 2.05) is 13.0 Å². The molecule has 1 aromatic carbocycles. The predicted molar refractivity (Wildman–Crippen MR) is 114 cm³/mol. The molecule has 1 aliphatic heterocycles. The highest BCUT2D eigenvalue weighted by Crippen LogP contribution is 2.27. The van der Waals surface area contributed by atoms with E-state index in [1.54, 1.807) is 35.0 Å². The van der Waals surface area contributed by atoms with Gasteiger partial charge in [0, 0.05) is 23.9 Å². The fraction of sp³-hybridized carbons (Fsp3) is 0.368. The maximum absolute atomic E-state index is 10.9. The molecule has 4 rings (SSSR count). The lowest BCUT2D eigenvalue weighted by Crippen LogP contribution is -2.27. The lowest BCUT2D eigenvalue weighted by molar-refractivity contribution is 0.453. The molecular weight excluding hydrogens is 442 g/mol. The monoisotopic (exact) mass is 465 g/mol. The highest BCUT2D eigenvalue weighted by molar-refractivity contribution is 9.10. The third-order valence-electron chi connectivity index (χ3n) is 4.68. The van der Waals surface area contributed by atoms with Crippen LogP contribution in [-0.2, 0) is 9.84 Å². The van der Waals surface area contributed by atoms with Crippen molar-refractivity contribution in [3.05, 3.63) is 52.3 Å². The Labute approximate surface area is 173 Å². The minimum absolute atomic E-state index is 0.378. The molecule has 2 aromatic heterocycles. The van der Waals surface area contributed by atoms with Crippen LogP contribution in [0, 0.1) is 6.92 Å². The van der Waals surface area contributed by atoms with E-state index in [4.69, 9.17) is 5.73 Å². The topological polar surface area (TPSA) is 102 Å². The number of halogens is 1. The summed E-state index contributed by atoms with van der Waals surface area (Å²) in [6.07, 6.45) is 5.17. The quantitative estimate of drug-likeness (QED) is 0.602. The van der Waals surface area contributed by atoms with Crippen LogP contribution in [0.5, 0.6) is 0 Å². The third-order valence-corrected chi connectivity index (χ3v) is 6.37. The number of aromatic nitrogens is 3. The molecule has 7 nitrogen and oxygen atoms in total. The van der Waals surface area contributed by atoms with Crippen molar-refractivity contribution in [2.75, 3.05) is 25.1 Å². The molecule has 3 N–H and O–H groups in total. The molecule has 1 aliphatic rings. The minimum Gasteiger partial charge on any atom is -0.384 e. The first-order valence-electron chi connectivity index (χ1n) is 9.03. The molecule has 0 unspecified atom stereocenters. The fourth-order valence-corrected chi connectivity index (χ4v) is 4.07. The maximum atomic E-state index is 10.9. The number of aryl methyl sites for hydroxylation is 1. The number of nitrogen functional groups attached to an aromatic ring is 1. The predicted octanol–water partition coefficient (Wildman–Crippen LogP) is 2.94. The number of piperidine rings is 1. The summed E-state index contributed by atoms with van der Waals surface area (Å²) in [6, 6.07) is 8.75. The Morgan fingerprint density at radius 1 is 1.21 bits per heavy atom. The van der Waals surface area contributed by atoms with E-state index in [9.17, 15) is 8.42 Å². The molecule has 1 fully saturated rings. The van der Waals surface area contributed by atoms with Gasteiger partial charge in [0.25, 0.3) is 0 Å². The van der Waals surface area contributed by atoms with E-state index in [0.29, 0.717) is 16.6 Å². The highest BCUT2D eigenvalue weighted by atomic mass is 79.9. The van der Waals surface area contributed by atoms with Gasteiger partial charge in [-0.1, -0.05) is 17.7 Å². The average Bonchev–Trinajstić information content (AvgIpc) is 3.04. The van der Waals surface area contributed by atoms with Crippen LogP contribution in [0.4, 0.5) is 5.82 Å². The summed E-state index contributed by atoms with van der Waals surface area (Å²) in [7, 11) is -3.02. The molecule has 28 heavy (non-hydrogen) atoms. The summed E-state index contributed by atoms with van der Waals surface area (Å²) in [5.41, 5.74) is 8.95. The van der Waals surface area contributed by atoms with Crippen molar-refractivity contribution in [3.8, 4) is 0 Å². The number of sulfone groups is 1. The van der Waals surface area contributed by atoms with E-state index in [-0.39, 0.29) is 0 Å². The smallest absolute Gasteiger partial charge is 0.175 e. The highest BCUT2D eigenvalue weighted by Gasteiger charge is 2.18. The van der Waals surface area contributed by atoms with Crippen LogP contribution in [0.3, 0.4) is 0 Å². The molecule has 0 bridgehead atoms. The SMILES string of the molecule is Cc1ccc(S(C)(=O)=O)cc1.Nc1cc(C2CCNCC2)nc2c(Br)cnn12. The van der Waals surface area contributed by atoms with Crippen molar-refractivity contribution in [2.24, 2.45) is 0 Å². The molecule has 9 heteroatoms. The summed E-state index contributed by atoms with van der Waals surface area (Å²) in [4.78, 5) is 5.04. The van der Waals surface area contributed by atoms with Crippen molar-refractivity contribution in [1.29, 1.82) is 0 Å². The van der Waals surface area contributed by atoms with Gasteiger partial charge in [0.05, 0.1) is 15.6 Å². The Bertz CT molecular complexity index is 1060. The van der Waals surface area contributed by atoms with Gasteiger partial charge in [0.2, 0.25) is 0 Å². The van der Waals surface area contributed by atoms with Crippen LogP contribution in [0.15, 0.2) is 45.9 Å². The van der Waals surface area contributed by atoms with Crippen LogP contribution in [0.2, 0.25) is 0 Å². The molecule has 0 amide bonds. The van der Waals surface area contributed by atoms with Crippen LogP contribution in [0.25, 0.3) is 5.65 Å². The first-order chi connectivity index (χ1) is 13.3. The Morgan fingerprint density at radius 2 is 1.86 bits per heavy atom. The number of nitrogens with two attached hydrogens (primary N) is 1. The van der Waals surface area contributed by atoms with Crippen LogP contribution in [0.1, 0.15) is 30.0 Å². The molecule has 0 radical (unpaired) electrons. The third kappa shape index (κ3) is 4.89. The van der Waals surface area contributed by atoms with Crippen LogP contribution >= 0.6 is 15.9 Å². The summed E-state index contributed by atoms with van der Waals surface area (Å²) < 4.78 is 24.4.